The Morgan fingerprint density at radius 2 is 1.73 bits per heavy atom. The van der Waals surface area contributed by atoms with Gasteiger partial charge in [0.2, 0.25) is 5.78 Å². The minimum Gasteiger partial charge on any atom is -0.508 e. The lowest BCUT2D eigenvalue weighted by atomic mass is 10.1. The number of nitrogens with zero attached hydrogens (tertiary/aromatic N) is 2. The summed E-state index contributed by atoms with van der Waals surface area (Å²) in [6, 6.07) is 17.9. The largest absolute Gasteiger partial charge is 0.508 e. The van der Waals surface area contributed by atoms with Gasteiger partial charge in [-0.3, -0.25) is 4.79 Å². The molecule has 0 radical (unpaired) electrons. The van der Waals surface area contributed by atoms with Crippen molar-refractivity contribution < 1.29 is 14.5 Å². The molecule has 3 rings (SSSR count). The summed E-state index contributed by atoms with van der Waals surface area (Å²) in [5.74, 6) is 0.271. The maximum Gasteiger partial charge on any atom is 0.287 e. The first-order valence-corrected chi connectivity index (χ1v) is 6.95. The highest BCUT2D eigenvalue weighted by Gasteiger charge is 2.11. The summed E-state index contributed by atoms with van der Waals surface area (Å²) in [6.45, 7) is 0.257. The van der Waals surface area contributed by atoms with Crippen LogP contribution in [0, 0.1) is 0 Å². The Morgan fingerprint density at radius 3 is 2.36 bits per heavy atom. The molecule has 0 unspecified atom stereocenters. The Labute approximate surface area is 128 Å². The Balaban J connectivity index is 1.74. The van der Waals surface area contributed by atoms with E-state index in [-0.39, 0.29) is 18.1 Å². The highest BCUT2D eigenvalue weighted by Crippen LogP contribution is 2.18. The quantitative estimate of drug-likeness (QED) is 0.594. The molecule has 0 atom stereocenters. The van der Waals surface area contributed by atoms with E-state index in [1.165, 1.54) is 0 Å². The molecule has 0 amide bonds. The van der Waals surface area contributed by atoms with Crippen molar-refractivity contribution in [1.29, 1.82) is 0 Å². The normalized spacial score (nSPS) is 10.4. The molecule has 0 aliphatic heterocycles. The molecule has 0 aliphatic rings. The predicted molar refractivity (Wildman–Crippen MR) is 82.3 cm³/mol. The number of Topliss-reactive ketones (excluding diaryl/α,β-unsaturated/α-hetero) is 1. The summed E-state index contributed by atoms with van der Waals surface area (Å²) in [5, 5.41) is 9.29. The topological polar surface area (TPSA) is 54.1 Å². The van der Waals surface area contributed by atoms with Gasteiger partial charge in [-0.05, 0) is 29.2 Å². The van der Waals surface area contributed by atoms with E-state index in [9.17, 15) is 9.90 Å². The molecule has 0 bridgehead atoms. The predicted octanol–water partition coefficient (Wildman–Crippen LogP) is 2.62. The van der Waals surface area contributed by atoms with Crippen LogP contribution < -0.4 is 4.57 Å². The van der Waals surface area contributed by atoms with Crippen molar-refractivity contribution in [3.63, 3.8) is 0 Å². The zero-order chi connectivity index (χ0) is 15.4. The van der Waals surface area contributed by atoms with Gasteiger partial charge < -0.3 is 5.11 Å². The van der Waals surface area contributed by atoms with Crippen LogP contribution >= 0.6 is 0 Å². The monoisotopic (exact) mass is 291 g/mol. The number of aromatic hydroxyl groups is 1. The molecule has 0 aliphatic carbocycles. The lowest BCUT2D eigenvalue weighted by molar-refractivity contribution is -0.686. The third-order valence-electron chi connectivity index (χ3n) is 3.35. The van der Waals surface area contributed by atoms with Crippen LogP contribution in [-0.2, 0) is 6.54 Å². The minimum absolute atomic E-state index is 0.0461. The van der Waals surface area contributed by atoms with Crippen LogP contribution in [-0.4, -0.2) is 15.9 Å². The van der Waals surface area contributed by atoms with Crippen LogP contribution in [0.3, 0.4) is 0 Å². The highest BCUT2D eigenvalue weighted by atomic mass is 16.3. The fourth-order valence-electron chi connectivity index (χ4n) is 2.16. The van der Waals surface area contributed by atoms with Crippen molar-refractivity contribution in [3.8, 4) is 17.0 Å². The van der Waals surface area contributed by atoms with Gasteiger partial charge in [-0.15, -0.1) is 0 Å². The number of hydrogen-bond acceptors (Lipinski definition) is 3. The molecule has 2 aromatic carbocycles. The Kier molecular flexibility index (Phi) is 3.92. The zero-order valence-electron chi connectivity index (χ0n) is 11.9. The van der Waals surface area contributed by atoms with E-state index in [0.29, 0.717) is 5.56 Å². The maximum absolute atomic E-state index is 12.1. The smallest absolute Gasteiger partial charge is 0.287 e. The van der Waals surface area contributed by atoms with Gasteiger partial charge >= 0.3 is 0 Å². The lowest BCUT2D eigenvalue weighted by Gasteiger charge is -2.00. The van der Waals surface area contributed by atoms with Gasteiger partial charge in [0.25, 0.3) is 6.33 Å². The molecule has 0 saturated heterocycles. The molecule has 4 heteroatoms. The Morgan fingerprint density at radius 1 is 1.00 bits per heavy atom. The number of phenolic OH excluding ortho intramolecular Hbond substituents is 1. The van der Waals surface area contributed by atoms with Crippen LogP contribution in [0.15, 0.2) is 73.2 Å². The summed E-state index contributed by atoms with van der Waals surface area (Å²) in [5.41, 5.74) is 2.40. The lowest BCUT2D eigenvalue weighted by Crippen LogP contribution is -2.37. The van der Waals surface area contributed by atoms with Crippen molar-refractivity contribution in [2.75, 3.05) is 0 Å². The van der Waals surface area contributed by atoms with E-state index in [1.807, 2.05) is 30.5 Å². The molecule has 1 aromatic heterocycles. The van der Waals surface area contributed by atoms with Crippen molar-refractivity contribution >= 4 is 5.78 Å². The Bertz CT molecular complexity index is 766. The molecule has 0 spiro atoms. The van der Waals surface area contributed by atoms with E-state index in [0.717, 1.165) is 11.3 Å². The van der Waals surface area contributed by atoms with E-state index < -0.39 is 0 Å². The first-order valence-electron chi connectivity index (χ1n) is 6.95. The molecule has 22 heavy (non-hydrogen) atoms. The van der Waals surface area contributed by atoms with E-state index >= 15 is 0 Å². The maximum atomic E-state index is 12.1. The average Bonchev–Trinajstić information content (AvgIpc) is 2.57. The number of carbonyl (C=O) groups is 1. The standard InChI is InChI=1S/C18H14N2O2/c21-16-8-6-14(7-9-16)17-10-11-20(13-19-17)12-18(22)15-4-2-1-3-5-15/h1-11,13H,12H2/p+1. The second-order valence-corrected chi connectivity index (χ2v) is 4.95. The summed E-state index contributed by atoms with van der Waals surface area (Å²) in [7, 11) is 0. The second-order valence-electron chi connectivity index (χ2n) is 4.95. The van der Waals surface area contributed by atoms with Crippen molar-refractivity contribution in [3.05, 3.63) is 78.8 Å². The van der Waals surface area contributed by atoms with Gasteiger partial charge in [0.05, 0.1) is 6.20 Å². The van der Waals surface area contributed by atoms with Crippen LogP contribution in [0.25, 0.3) is 11.3 Å². The van der Waals surface area contributed by atoms with Crippen molar-refractivity contribution in [1.82, 2.24) is 4.98 Å². The Hall–Kier alpha value is -3.01. The van der Waals surface area contributed by atoms with Gasteiger partial charge in [-0.2, -0.15) is 0 Å². The van der Waals surface area contributed by atoms with E-state index in [2.05, 4.69) is 4.98 Å². The number of hydrogen-bond donors (Lipinski definition) is 1. The summed E-state index contributed by atoms with van der Waals surface area (Å²) in [4.78, 5) is 16.5. The van der Waals surface area contributed by atoms with Crippen LogP contribution in [0.1, 0.15) is 10.4 Å². The average molecular weight is 291 g/mol. The molecule has 0 fully saturated rings. The second kappa shape index (κ2) is 6.18. The van der Waals surface area contributed by atoms with E-state index in [4.69, 9.17) is 0 Å². The molecule has 1 N–H and O–H groups in total. The first-order chi connectivity index (χ1) is 10.7. The molecule has 108 valence electrons. The fourth-order valence-corrected chi connectivity index (χ4v) is 2.16. The van der Waals surface area contributed by atoms with Crippen LogP contribution in [0.4, 0.5) is 0 Å². The molecule has 0 saturated carbocycles. The molecule has 4 nitrogen and oxygen atoms in total. The van der Waals surface area contributed by atoms with Gasteiger partial charge in [-0.25, -0.2) is 4.57 Å². The zero-order valence-corrected chi connectivity index (χ0v) is 11.9. The summed E-state index contributed by atoms with van der Waals surface area (Å²) < 4.78 is 1.75. The van der Waals surface area contributed by atoms with Crippen LogP contribution in [0.5, 0.6) is 5.75 Å². The third kappa shape index (κ3) is 3.17. The molecular formula is C18H15N2O2+. The molecular weight excluding hydrogens is 276 g/mol. The number of rotatable bonds is 4. The highest BCUT2D eigenvalue weighted by molar-refractivity contribution is 5.94. The summed E-state index contributed by atoms with van der Waals surface area (Å²) >= 11 is 0. The number of benzene rings is 2. The summed E-state index contributed by atoms with van der Waals surface area (Å²) in [6.07, 6.45) is 3.47. The fraction of sp³-hybridized carbons (Fsp3) is 0.0556. The van der Waals surface area contributed by atoms with Crippen LogP contribution in [0.2, 0.25) is 0 Å². The molecule has 1 heterocycles. The van der Waals surface area contributed by atoms with Crippen molar-refractivity contribution in [2.24, 2.45) is 0 Å². The first kappa shape index (κ1) is 13.9. The third-order valence-corrected chi connectivity index (χ3v) is 3.35. The van der Waals surface area contributed by atoms with Gasteiger partial charge in [0.15, 0.2) is 12.2 Å². The number of carbonyl (C=O) groups excluding carboxylic acids is 1. The van der Waals surface area contributed by atoms with Crippen molar-refractivity contribution in [2.45, 2.75) is 6.54 Å². The van der Waals surface area contributed by atoms with Gasteiger partial charge in [-0.1, -0.05) is 30.3 Å². The SMILES string of the molecule is O=C(C[n+]1ccc(-c2ccc(O)cc2)nc1)c1ccccc1. The minimum atomic E-state index is 0.0461. The van der Waals surface area contributed by atoms with E-state index in [1.54, 1.807) is 47.3 Å². The molecule has 3 aromatic rings. The number of phenols is 1. The number of aromatic nitrogens is 2. The van der Waals surface area contributed by atoms with Gasteiger partial charge in [0, 0.05) is 17.2 Å². The number of ketones is 1. The van der Waals surface area contributed by atoms with Gasteiger partial charge in [0.1, 0.15) is 5.75 Å².